The molecule has 0 amide bonds. The Hall–Kier alpha value is -2.47. The van der Waals surface area contributed by atoms with Gasteiger partial charge in [-0.15, -0.1) is 0 Å². The molecule has 0 radical (unpaired) electrons. The Morgan fingerprint density at radius 2 is 1.72 bits per heavy atom. The van der Waals surface area contributed by atoms with E-state index in [9.17, 15) is 25.7 Å². The number of aliphatic hydroxyl groups excluding tert-OH is 4. The Morgan fingerprint density at radius 3 is 2.34 bits per heavy atom. The zero-order valence-corrected chi connectivity index (χ0v) is 16.1. The molecule has 0 aromatic heterocycles. The van der Waals surface area contributed by atoms with Crippen molar-refractivity contribution < 1.29 is 29.9 Å². The minimum Gasteiger partial charge on any atom is -0.494 e. The highest BCUT2D eigenvalue weighted by atomic mass is 16.5. The SMILES string of the molecule is CCOc1ccc(Cc2cc(C#N)cc([C@@H]3O[C@H](CO)[C@@H](O)[C@@H](O)[C@H]3O)c2)cc1. The summed E-state index contributed by atoms with van der Waals surface area (Å²) in [6.07, 6.45) is -5.71. The maximum absolute atomic E-state index is 10.4. The molecule has 1 aliphatic heterocycles. The number of rotatable bonds is 6. The summed E-state index contributed by atoms with van der Waals surface area (Å²) in [4.78, 5) is 0. The van der Waals surface area contributed by atoms with E-state index in [1.165, 1.54) is 0 Å². The van der Waals surface area contributed by atoms with Crippen LogP contribution in [0.1, 0.15) is 35.3 Å². The van der Waals surface area contributed by atoms with Gasteiger partial charge < -0.3 is 29.9 Å². The van der Waals surface area contributed by atoms with Crippen LogP contribution in [0.15, 0.2) is 42.5 Å². The third-order valence-electron chi connectivity index (χ3n) is 5.01. The van der Waals surface area contributed by atoms with Crippen molar-refractivity contribution in [2.75, 3.05) is 13.2 Å². The molecule has 0 saturated carbocycles. The van der Waals surface area contributed by atoms with Crippen LogP contribution in [0.3, 0.4) is 0 Å². The van der Waals surface area contributed by atoms with Crippen molar-refractivity contribution in [2.45, 2.75) is 43.9 Å². The average Bonchev–Trinajstić information content (AvgIpc) is 2.73. The van der Waals surface area contributed by atoms with Crippen molar-refractivity contribution >= 4 is 0 Å². The molecule has 7 nitrogen and oxygen atoms in total. The summed E-state index contributed by atoms with van der Waals surface area (Å²) in [5.74, 6) is 0.782. The van der Waals surface area contributed by atoms with Crippen LogP contribution in [0.2, 0.25) is 0 Å². The number of hydrogen-bond acceptors (Lipinski definition) is 7. The fraction of sp³-hybridized carbons (Fsp3) is 0.409. The van der Waals surface area contributed by atoms with Crippen molar-refractivity contribution in [1.29, 1.82) is 5.26 Å². The van der Waals surface area contributed by atoms with Crippen molar-refractivity contribution in [3.05, 3.63) is 64.7 Å². The van der Waals surface area contributed by atoms with E-state index in [0.29, 0.717) is 24.2 Å². The molecular weight excluding hydrogens is 374 g/mol. The second-order valence-electron chi connectivity index (χ2n) is 7.08. The lowest BCUT2D eigenvalue weighted by Gasteiger charge is -2.40. The lowest BCUT2D eigenvalue weighted by atomic mass is 9.89. The van der Waals surface area contributed by atoms with Crippen molar-refractivity contribution in [1.82, 2.24) is 0 Å². The Bertz CT molecular complexity index is 861. The molecule has 29 heavy (non-hydrogen) atoms. The van der Waals surface area contributed by atoms with E-state index < -0.39 is 37.1 Å². The summed E-state index contributed by atoms with van der Waals surface area (Å²) in [6.45, 7) is 2.01. The second-order valence-corrected chi connectivity index (χ2v) is 7.08. The molecule has 4 N–H and O–H groups in total. The van der Waals surface area contributed by atoms with Crippen LogP contribution in [-0.2, 0) is 11.2 Å². The highest BCUT2D eigenvalue weighted by molar-refractivity contribution is 5.41. The van der Waals surface area contributed by atoms with Crippen LogP contribution in [0, 0.1) is 11.3 Å². The lowest BCUT2D eigenvalue weighted by molar-refractivity contribution is -0.231. The second kappa shape index (κ2) is 9.35. The molecule has 1 heterocycles. The van der Waals surface area contributed by atoms with E-state index >= 15 is 0 Å². The Labute approximate surface area is 169 Å². The molecule has 5 atom stereocenters. The van der Waals surface area contributed by atoms with Crippen LogP contribution in [0.25, 0.3) is 0 Å². The number of nitrogens with zero attached hydrogens (tertiary/aromatic N) is 1. The van der Waals surface area contributed by atoms with Gasteiger partial charge in [-0.2, -0.15) is 5.26 Å². The van der Waals surface area contributed by atoms with Gasteiger partial charge in [-0.3, -0.25) is 0 Å². The van der Waals surface area contributed by atoms with Crippen molar-refractivity contribution in [3.8, 4) is 11.8 Å². The minimum absolute atomic E-state index is 0.389. The zero-order valence-electron chi connectivity index (χ0n) is 16.1. The summed E-state index contributed by atoms with van der Waals surface area (Å²) in [5, 5.41) is 49.2. The molecule has 2 aromatic carbocycles. The van der Waals surface area contributed by atoms with Crippen molar-refractivity contribution in [2.24, 2.45) is 0 Å². The number of aliphatic hydroxyl groups is 4. The molecule has 0 aliphatic carbocycles. The molecule has 1 aliphatic rings. The van der Waals surface area contributed by atoms with E-state index in [4.69, 9.17) is 9.47 Å². The zero-order chi connectivity index (χ0) is 21.0. The predicted molar refractivity (Wildman–Crippen MR) is 104 cm³/mol. The Kier molecular flexibility index (Phi) is 6.85. The third-order valence-corrected chi connectivity index (χ3v) is 5.01. The van der Waals surface area contributed by atoms with Crippen LogP contribution in [-0.4, -0.2) is 58.1 Å². The first-order valence-corrected chi connectivity index (χ1v) is 9.53. The normalized spacial score (nSPS) is 26.7. The van der Waals surface area contributed by atoms with Gasteiger partial charge in [-0.1, -0.05) is 18.2 Å². The summed E-state index contributed by atoms with van der Waals surface area (Å²) < 4.78 is 11.1. The van der Waals surface area contributed by atoms with Gasteiger partial charge >= 0.3 is 0 Å². The van der Waals surface area contributed by atoms with E-state index in [1.807, 2.05) is 31.2 Å². The molecule has 0 spiro atoms. The van der Waals surface area contributed by atoms with Crippen LogP contribution < -0.4 is 4.74 Å². The van der Waals surface area contributed by atoms with E-state index in [2.05, 4.69) is 6.07 Å². The van der Waals surface area contributed by atoms with Gasteiger partial charge in [0.25, 0.3) is 0 Å². The monoisotopic (exact) mass is 399 g/mol. The van der Waals surface area contributed by atoms with Crippen molar-refractivity contribution in [3.63, 3.8) is 0 Å². The quantitative estimate of drug-likeness (QED) is 0.573. The maximum Gasteiger partial charge on any atom is 0.119 e. The summed E-state index contributed by atoms with van der Waals surface area (Å²) >= 11 is 0. The van der Waals surface area contributed by atoms with Gasteiger partial charge in [0, 0.05) is 0 Å². The van der Waals surface area contributed by atoms with Crippen LogP contribution in [0.5, 0.6) is 5.75 Å². The fourth-order valence-electron chi connectivity index (χ4n) is 3.53. The standard InChI is InChI=1S/C22H25NO6/c1-2-28-17-5-3-13(4-6-17)7-14-8-15(11-23)10-16(9-14)22-21(27)20(26)19(25)18(12-24)29-22/h3-6,8-10,18-22,24-27H,2,7,12H2,1H3/t18-,19-,20-,21-,22+/m1/s1. The smallest absolute Gasteiger partial charge is 0.119 e. The molecule has 2 aromatic rings. The Balaban J connectivity index is 1.88. The topological polar surface area (TPSA) is 123 Å². The fourth-order valence-corrected chi connectivity index (χ4v) is 3.53. The number of ether oxygens (including phenoxy) is 2. The molecule has 7 heteroatoms. The molecule has 154 valence electrons. The van der Waals surface area contributed by atoms with E-state index in [-0.39, 0.29) is 0 Å². The molecular formula is C22H25NO6. The molecule has 1 saturated heterocycles. The molecule has 0 bridgehead atoms. The number of hydrogen-bond donors (Lipinski definition) is 4. The van der Waals surface area contributed by atoms with Crippen LogP contribution in [0.4, 0.5) is 0 Å². The first-order chi connectivity index (χ1) is 14.0. The molecule has 1 fully saturated rings. The highest BCUT2D eigenvalue weighted by Gasteiger charge is 2.44. The average molecular weight is 399 g/mol. The lowest BCUT2D eigenvalue weighted by Crippen LogP contribution is -2.55. The van der Waals surface area contributed by atoms with Gasteiger partial charge in [-0.25, -0.2) is 0 Å². The van der Waals surface area contributed by atoms with Gasteiger partial charge in [-0.05, 0) is 54.3 Å². The molecule has 3 rings (SSSR count). The minimum atomic E-state index is -1.47. The summed E-state index contributed by atoms with van der Waals surface area (Å²) in [6, 6.07) is 14.9. The van der Waals surface area contributed by atoms with Crippen LogP contribution >= 0.6 is 0 Å². The maximum atomic E-state index is 10.4. The number of benzene rings is 2. The van der Waals surface area contributed by atoms with Gasteiger partial charge in [0.15, 0.2) is 0 Å². The Morgan fingerprint density at radius 1 is 1.00 bits per heavy atom. The number of nitriles is 1. The van der Waals surface area contributed by atoms with Gasteiger partial charge in [0.05, 0.1) is 24.8 Å². The largest absolute Gasteiger partial charge is 0.494 e. The third kappa shape index (κ3) is 4.75. The first kappa shape index (κ1) is 21.2. The van der Waals surface area contributed by atoms with Gasteiger partial charge in [0.2, 0.25) is 0 Å². The van der Waals surface area contributed by atoms with Gasteiger partial charge in [0.1, 0.15) is 36.3 Å². The summed E-state index contributed by atoms with van der Waals surface area (Å²) in [5.41, 5.74) is 2.74. The van der Waals surface area contributed by atoms with E-state index in [0.717, 1.165) is 16.9 Å². The van der Waals surface area contributed by atoms with E-state index in [1.54, 1.807) is 18.2 Å². The highest BCUT2D eigenvalue weighted by Crippen LogP contribution is 2.33. The predicted octanol–water partition coefficient (Wildman–Crippen LogP) is 1.06. The summed E-state index contributed by atoms with van der Waals surface area (Å²) in [7, 11) is 0. The first-order valence-electron chi connectivity index (χ1n) is 9.53. The molecule has 0 unspecified atom stereocenters.